The summed E-state index contributed by atoms with van der Waals surface area (Å²) >= 11 is 0. The molecule has 0 aliphatic heterocycles. The van der Waals surface area contributed by atoms with Crippen LogP contribution in [0, 0.1) is 5.92 Å². The fourth-order valence-corrected chi connectivity index (χ4v) is 2.79. The van der Waals surface area contributed by atoms with Gasteiger partial charge in [0.1, 0.15) is 12.6 Å². The lowest BCUT2D eigenvalue weighted by molar-refractivity contribution is -0.139. The van der Waals surface area contributed by atoms with Gasteiger partial charge in [-0.3, -0.25) is 0 Å². The molecule has 9 nitrogen and oxygen atoms in total. The molecule has 1 rings (SSSR count). The first-order chi connectivity index (χ1) is 14.8. The Bertz CT molecular complexity index is 668. The van der Waals surface area contributed by atoms with Gasteiger partial charge in [-0.05, 0) is 37.2 Å². The molecule has 0 aromatic heterocycles. The van der Waals surface area contributed by atoms with Crippen LogP contribution in [-0.2, 0) is 16.1 Å². The van der Waals surface area contributed by atoms with Crippen LogP contribution in [0.2, 0.25) is 0 Å². The van der Waals surface area contributed by atoms with Crippen molar-refractivity contribution in [3.63, 3.8) is 0 Å². The van der Waals surface area contributed by atoms with Gasteiger partial charge in [0.25, 0.3) is 0 Å². The van der Waals surface area contributed by atoms with E-state index < -0.39 is 24.1 Å². The van der Waals surface area contributed by atoms with Crippen LogP contribution in [-0.4, -0.2) is 65.5 Å². The molecule has 0 bridgehead atoms. The normalized spacial score (nSPS) is 11.6. The van der Waals surface area contributed by atoms with E-state index in [2.05, 4.69) is 10.6 Å². The van der Waals surface area contributed by atoms with E-state index in [9.17, 15) is 19.5 Å². The standard InChI is InChI=1S/C22H35N3O6/c1-17(2)11-13-25(14-15-26)21(29)24-19(20(27)28)10-6-7-12-23-22(30)31-16-18-8-4-3-5-9-18/h3-5,8-9,17,19,26H,6-7,10-16H2,1-2H3,(H,23,30)(H,24,29)(H,27,28)/t19-/m0/s1. The average Bonchev–Trinajstić information content (AvgIpc) is 2.74. The van der Waals surface area contributed by atoms with Crippen molar-refractivity contribution in [2.45, 2.75) is 52.2 Å². The lowest BCUT2D eigenvalue weighted by atomic mass is 10.1. The molecular weight excluding hydrogens is 402 g/mol. The minimum absolute atomic E-state index is 0.153. The van der Waals surface area contributed by atoms with Gasteiger partial charge in [-0.1, -0.05) is 44.2 Å². The van der Waals surface area contributed by atoms with Crippen LogP contribution in [0.25, 0.3) is 0 Å². The molecule has 0 heterocycles. The predicted molar refractivity (Wildman–Crippen MR) is 117 cm³/mol. The zero-order valence-corrected chi connectivity index (χ0v) is 18.4. The van der Waals surface area contributed by atoms with E-state index >= 15 is 0 Å². The van der Waals surface area contributed by atoms with Gasteiger partial charge in [0.15, 0.2) is 0 Å². The third kappa shape index (κ3) is 11.8. The Morgan fingerprint density at radius 1 is 1.06 bits per heavy atom. The van der Waals surface area contributed by atoms with Gasteiger partial charge in [-0.15, -0.1) is 0 Å². The van der Waals surface area contributed by atoms with E-state index in [0.29, 0.717) is 31.8 Å². The van der Waals surface area contributed by atoms with Crippen LogP contribution in [0.1, 0.15) is 45.1 Å². The Kier molecular flexibility index (Phi) is 12.7. The summed E-state index contributed by atoms with van der Waals surface area (Å²) in [5.74, 6) is -0.729. The summed E-state index contributed by atoms with van der Waals surface area (Å²) in [7, 11) is 0. The molecule has 9 heteroatoms. The quantitative estimate of drug-likeness (QED) is 0.331. The number of rotatable bonds is 14. The molecule has 0 aliphatic carbocycles. The molecule has 0 saturated heterocycles. The lowest BCUT2D eigenvalue weighted by Crippen LogP contribution is -2.49. The first-order valence-corrected chi connectivity index (χ1v) is 10.7. The first kappa shape index (κ1) is 26.2. The zero-order valence-electron chi connectivity index (χ0n) is 18.4. The van der Waals surface area contributed by atoms with Gasteiger partial charge < -0.3 is 30.5 Å². The molecule has 1 atom stereocenters. The van der Waals surface area contributed by atoms with Crippen LogP contribution in [0.3, 0.4) is 0 Å². The predicted octanol–water partition coefficient (Wildman–Crippen LogP) is 2.59. The Morgan fingerprint density at radius 2 is 1.77 bits per heavy atom. The summed E-state index contributed by atoms with van der Waals surface area (Å²) in [6.45, 7) is 5.00. The molecule has 0 fully saturated rings. The minimum atomic E-state index is -1.11. The second-order valence-electron chi connectivity index (χ2n) is 7.72. The van der Waals surface area contributed by atoms with Crippen molar-refractivity contribution in [3.05, 3.63) is 35.9 Å². The van der Waals surface area contributed by atoms with Gasteiger partial charge in [-0.25, -0.2) is 14.4 Å². The smallest absolute Gasteiger partial charge is 0.407 e. The van der Waals surface area contributed by atoms with Crippen LogP contribution in [0.4, 0.5) is 9.59 Å². The van der Waals surface area contributed by atoms with Crippen molar-refractivity contribution in [1.82, 2.24) is 15.5 Å². The SMILES string of the molecule is CC(C)CCN(CCO)C(=O)N[C@@H](CCCCNC(=O)OCc1ccccc1)C(=O)O. The molecule has 0 spiro atoms. The second kappa shape index (κ2) is 15.1. The highest BCUT2D eigenvalue weighted by Gasteiger charge is 2.22. The third-order valence-corrected chi connectivity index (χ3v) is 4.63. The van der Waals surface area contributed by atoms with E-state index in [1.54, 1.807) is 0 Å². The summed E-state index contributed by atoms with van der Waals surface area (Å²) in [5, 5.41) is 23.7. The molecule has 4 N–H and O–H groups in total. The van der Waals surface area contributed by atoms with Gasteiger partial charge in [0, 0.05) is 19.6 Å². The Morgan fingerprint density at radius 3 is 2.39 bits per heavy atom. The largest absolute Gasteiger partial charge is 0.480 e. The number of urea groups is 1. The number of carbonyl (C=O) groups excluding carboxylic acids is 2. The highest BCUT2D eigenvalue weighted by molar-refractivity contribution is 5.82. The number of nitrogens with one attached hydrogen (secondary N) is 2. The molecular formula is C22H35N3O6. The average molecular weight is 438 g/mol. The first-order valence-electron chi connectivity index (χ1n) is 10.7. The molecule has 1 aromatic carbocycles. The molecule has 174 valence electrons. The molecule has 0 aliphatic rings. The Labute approximate surface area is 183 Å². The second-order valence-corrected chi connectivity index (χ2v) is 7.72. The molecule has 3 amide bonds. The fourth-order valence-electron chi connectivity index (χ4n) is 2.79. The number of nitrogens with zero attached hydrogens (tertiary/aromatic N) is 1. The van der Waals surface area contributed by atoms with E-state index in [1.807, 2.05) is 44.2 Å². The monoisotopic (exact) mass is 437 g/mol. The maximum atomic E-state index is 12.4. The van der Waals surface area contributed by atoms with Gasteiger partial charge in [0.2, 0.25) is 0 Å². The highest BCUT2D eigenvalue weighted by Crippen LogP contribution is 2.06. The van der Waals surface area contributed by atoms with E-state index in [1.165, 1.54) is 4.90 Å². The number of unbranched alkanes of at least 4 members (excludes halogenated alkanes) is 1. The number of aliphatic hydroxyl groups excluding tert-OH is 1. The molecule has 1 aromatic rings. The van der Waals surface area contributed by atoms with Gasteiger partial charge in [0.05, 0.1) is 6.61 Å². The van der Waals surface area contributed by atoms with Crippen LogP contribution < -0.4 is 10.6 Å². The Balaban J connectivity index is 2.31. The highest BCUT2D eigenvalue weighted by atomic mass is 16.5. The number of aliphatic carboxylic acids is 1. The maximum absolute atomic E-state index is 12.4. The van der Waals surface area contributed by atoms with Crippen molar-refractivity contribution >= 4 is 18.1 Å². The van der Waals surface area contributed by atoms with Crippen molar-refractivity contribution in [2.75, 3.05) is 26.2 Å². The zero-order chi connectivity index (χ0) is 23.1. The molecule has 0 radical (unpaired) electrons. The number of carbonyl (C=O) groups is 3. The summed E-state index contributed by atoms with van der Waals surface area (Å²) in [5.41, 5.74) is 0.890. The van der Waals surface area contributed by atoms with Crippen molar-refractivity contribution in [2.24, 2.45) is 5.92 Å². The fraction of sp³-hybridized carbons (Fsp3) is 0.591. The summed E-state index contributed by atoms with van der Waals surface area (Å²) in [6.07, 6.45) is 1.52. The number of benzene rings is 1. The minimum Gasteiger partial charge on any atom is -0.480 e. The van der Waals surface area contributed by atoms with Gasteiger partial charge in [-0.2, -0.15) is 0 Å². The number of aliphatic hydroxyl groups is 1. The maximum Gasteiger partial charge on any atom is 0.407 e. The van der Waals surface area contributed by atoms with E-state index in [-0.39, 0.29) is 26.2 Å². The number of carboxylic acids is 1. The van der Waals surface area contributed by atoms with Crippen molar-refractivity contribution in [1.29, 1.82) is 0 Å². The lowest BCUT2D eigenvalue weighted by Gasteiger charge is -2.25. The number of alkyl carbamates (subject to hydrolysis) is 1. The summed E-state index contributed by atoms with van der Waals surface area (Å²) < 4.78 is 5.11. The van der Waals surface area contributed by atoms with Gasteiger partial charge >= 0.3 is 18.1 Å². The van der Waals surface area contributed by atoms with Crippen molar-refractivity contribution in [3.8, 4) is 0 Å². The number of amides is 3. The summed E-state index contributed by atoms with van der Waals surface area (Å²) in [4.78, 5) is 37.0. The number of hydrogen-bond donors (Lipinski definition) is 4. The number of ether oxygens (including phenoxy) is 1. The van der Waals surface area contributed by atoms with E-state index in [0.717, 1.165) is 12.0 Å². The van der Waals surface area contributed by atoms with Crippen LogP contribution in [0.5, 0.6) is 0 Å². The molecule has 0 saturated carbocycles. The molecule has 31 heavy (non-hydrogen) atoms. The topological polar surface area (TPSA) is 128 Å². The van der Waals surface area contributed by atoms with E-state index in [4.69, 9.17) is 9.84 Å². The molecule has 0 unspecified atom stereocenters. The number of hydrogen-bond acceptors (Lipinski definition) is 5. The summed E-state index contributed by atoms with van der Waals surface area (Å²) in [6, 6.07) is 7.80. The van der Waals surface area contributed by atoms with Crippen LogP contribution >= 0.6 is 0 Å². The third-order valence-electron chi connectivity index (χ3n) is 4.63. The van der Waals surface area contributed by atoms with Crippen molar-refractivity contribution < 1.29 is 29.3 Å². The number of carboxylic acid groups (broad SMARTS) is 1. The Hall–Kier alpha value is -2.81. The van der Waals surface area contributed by atoms with Crippen LogP contribution in [0.15, 0.2) is 30.3 Å².